The summed E-state index contributed by atoms with van der Waals surface area (Å²) in [6.45, 7) is 6.29. The van der Waals surface area contributed by atoms with E-state index in [1.54, 1.807) is 5.56 Å². The number of hydrogen-bond donors (Lipinski definition) is 0. The van der Waals surface area contributed by atoms with E-state index >= 15 is 0 Å². The Morgan fingerprint density at radius 1 is 0.960 bits per heavy atom. The van der Waals surface area contributed by atoms with E-state index in [9.17, 15) is 0 Å². The van der Waals surface area contributed by atoms with Crippen molar-refractivity contribution in [2.24, 2.45) is 17.8 Å². The second-order valence-corrected chi connectivity index (χ2v) is 8.45. The fourth-order valence-corrected chi connectivity index (χ4v) is 4.93. The second kappa shape index (κ2) is 9.41. The minimum Gasteiger partial charge on any atom is -0.103 e. The van der Waals surface area contributed by atoms with Crippen molar-refractivity contribution < 1.29 is 0 Å². The lowest BCUT2D eigenvalue weighted by Gasteiger charge is -2.27. The first-order valence-electron chi connectivity index (χ1n) is 10.7. The first-order valence-corrected chi connectivity index (χ1v) is 10.7. The van der Waals surface area contributed by atoms with E-state index in [0.717, 1.165) is 23.7 Å². The highest BCUT2D eigenvalue weighted by molar-refractivity contribution is 5.51. The number of allylic oxidation sites excluding steroid dienone is 2. The maximum absolute atomic E-state index is 3.97. The van der Waals surface area contributed by atoms with Crippen LogP contribution in [0.15, 0.2) is 43.0 Å². The SMILES string of the molecule is C=CC1CCC(c2cccc(C=CC3CCC(CCC)CC3)c2)CC1. The minimum absolute atomic E-state index is 0.752. The highest BCUT2D eigenvalue weighted by Gasteiger charge is 2.21. The van der Waals surface area contributed by atoms with Crippen LogP contribution in [0.4, 0.5) is 0 Å². The molecule has 1 aromatic carbocycles. The monoisotopic (exact) mass is 336 g/mol. The van der Waals surface area contributed by atoms with Gasteiger partial charge in [-0.1, -0.05) is 62.3 Å². The van der Waals surface area contributed by atoms with Crippen LogP contribution in [-0.2, 0) is 0 Å². The Kier molecular flexibility index (Phi) is 6.96. The molecule has 0 amide bonds. The zero-order valence-corrected chi connectivity index (χ0v) is 16.1. The molecule has 0 saturated heterocycles. The molecule has 25 heavy (non-hydrogen) atoms. The van der Waals surface area contributed by atoms with Gasteiger partial charge in [-0.15, -0.1) is 6.58 Å². The molecule has 2 fully saturated rings. The van der Waals surface area contributed by atoms with Gasteiger partial charge in [0.25, 0.3) is 0 Å². The molecule has 2 saturated carbocycles. The van der Waals surface area contributed by atoms with Gasteiger partial charge in [0, 0.05) is 0 Å². The molecule has 0 spiro atoms. The smallest absolute Gasteiger partial charge is 0.0161 e. The highest BCUT2D eigenvalue weighted by Crippen LogP contribution is 2.37. The Bertz CT molecular complexity index is 551. The quantitative estimate of drug-likeness (QED) is 0.465. The Hall–Kier alpha value is -1.30. The molecule has 0 heteroatoms. The summed E-state index contributed by atoms with van der Waals surface area (Å²) in [7, 11) is 0. The highest BCUT2D eigenvalue weighted by atomic mass is 14.3. The zero-order valence-electron chi connectivity index (χ0n) is 16.1. The Labute approximate surface area is 155 Å². The van der Waals surface area contributed by atoms with Crippen LogP contribution in [0.25, 0.3) is 6.08 Å². The lowest BCUT2D eigenvalue weighted by atomic mass is 9.78. The van der Waals surface area contributed by atoms with E-state index in [2.05, 4.69) is 56.0 Å². The maximum Gasteiger partial charge on any atom is -0.0161 e. The van der Waals surface area contributed by atoms with E-state index < -0.39 is 0 Å². The van der Waals surface area contributed by atoms with Crippen molar-refractivity contribution in [2.45, 2.75) is 77.0 Å². The third-order valence-corrected chi connectivity index (χ3v) is 6.64. The first kappa shape index (κ1) is 18.5. The molecule has 0 radical (unpaired) electrons. The molecule has 3 rings (SSSR count). The normalized spacial score (nSPS) is 30.4. The van der Waals surface area contributed by atoms with Crippen LogP contribution in [0.3, 0.4) is 0 Å². The van der Waals surface area contributed by atoms with E-state index in [0.29, 0.717) is 0 Å². The molecule has 0 aromatic heterocycles. The number of hydrogen-bond acceptors (Lipinski definition) is 0. The summed E-state index contributed by atoms with van der Waals surface area (Å²) >= 11 is 0. The van der Waals surface area contributed by atoms with Gasteiger partial charge in [0.05, 0.1) is 0 Å². The van der Waals surface area contributed by atoms with Crippen molar-refractivity contribution in [3.05, 3.63) is 54.1 Å². The summed E-state index contributed by atoms with van der Waals surface area (Å²) in [5.74, 6) is 3.32. The number of rotatable bonds is 6. The van der Waals surface area contributed by atoms with Gasteiger partial charge in [0.2, 0.25) is 0 Å². The van der Waals surface area contributed by atoms with E-state index in [1.165, 1.54) is 69.8 Å². The topological polar surface area (TPSA) is 0 Å². The van der Waals surface area contributed by atoms with Crippen molar-refractivity contribution >= 4 is 6.08 Å². The van der Waals surface area contributed by atoms with Gasteiger partial charge in [-0.05, 0) is 86.2 Å². The van der Waals surface area contributed by atoms with Crippen LogP contribution in [-0.4, -0.2) is 0 Å². The summed E-state index contributed by atoms with van der Waals surface area (Å²) < 4.78 is 0. The van der Waals surface area contributed by atoms with Crippen molar-refractivity contribution in [1.82, 2.24) is 0 Å². The third-order valence-electron chi connectivity index (χ3n) is 6.64. The molecule has 0 N–H and O–H groups in total. The van der Waals surface area contributed by atoms with Crippen molar-refractivity contribution in [2.75, 3.05) is 0 Å². The van der Waals surface area contributed by atoms with E-state index in [4.69, 9.17) is 0 Å². The molecule has 0 nitrogen and oxygen atoms in total. The van der Waals surface area contributed by atoms with Crippen LogP contribution in [0.2, 0.25) is 0 Å². The van der Waals surface area contributed by atoms with Gasteiger partial charge in [-0.25, -0.2) is 0 Å². The molecule has 1 aromatic rings. The summed E-state index contributed by atoms with van der Waals surface area (Å²) in [5.41, 5.74) is 2.95. The predicted molar refractivity (Wildman–Crippen MR) is 111 cm³/mol. The average molecular weight is 337 g/mol. The standard InChI is InChI=1S/C25H36/c1-3-6-21-9-11-22(12-10-21)13-14-23-7-5-8-25(19-23)24-17-15-20(4-2)16-18-24/h4-5,7-8,13-14,19-22,24H,2-3,6,9-12,15-18H2,1H3. The molecule has 0 aliphatic heterocycles. The zero-order chi connectivity index (χ0) is 17.5. The van der Waals surface area contributed by atoms with Crippen molar-refractivity contribution in [3.63, 3.8) is 0 Å². The van der Waals surface area contributed by atoms with Crippen molar-refractivity contribution in [3.8, 4) is 0 Å². The Balaban J connectivity index is 1.54. The average Bonchev–Trinajstić information content (AvgIpc) is 2.68. The van der Waals surface area contributed by atoms with Crippen LogP contribution in [0.1, 0.15) is 88.2 Å². The van der Waals surface area contributed by atoms with Crippen molar-refractivity contribution in [1.29, 1.82) is 0 Å². The van der Waals surface area contributed by atoms with Gasteiger partial charge >= 0.3 is 0 Å². The molecule has 136 valence electrons. The first-order chi connectivity index (χ1) is 12.3. The summed E-state index contributed by atoms with van der Waals surface area (Å²) in [6.07, 6.45) is 20.8. The van der Waals surface area contributed by atoms with Crippen LogP contribution < -0.4 is 0 Å². The fourth-order valence-electron chi connectivity index (χ4n) is 4.93. The molecular formula is C25H36. The van der Waals surface area contributed by atoms with Crippen LogP contribution >= 0.6 is 0 Å². The van der Waals surface area contributed by atoms with E-state index in [1.807, 2.05) is 0 Å². The van der Waals surface area contributed by atoms with Gasteiger partial charge < -0.3 is 0 Å². The third kappa shape index (κ3) is 5.33. The molecular weight excluding hydrogens is 300 g/mol. The van der Waals surface area contributed by atoms with Gasteiger partial charge in [0.1, 0.15) is 0 Å². The van der Waals surface area contributed by atoms with Crippen LogP contribution in [0, 0.1) is 17.8 Å². The molecule has 2 aliphatic carbocycles. The lowest BCUT2D eigenvalue weighted by Crippen LogP contribution is -2.12. The van der Waals surface area contributed by atoms with Gasteiger partial charge in [-0.3, -0.25) is 0 Å². The molecule has 0 unspecified atom stereocenters. The summed E-state index contributed by atoms with van der Waals surface area (Å²) in [6, 6.07) is 9.31. The molecule has 0 bridgehead atoms. The van der Waals surface area contributed by atoms with Crippen LogP contribution in [0.5, 0.6) is 0 Å². The largest absolute Gasteiger partial charge is 0.103 e. The molecule has 0 heterocycles. The summed E-state index contributed by atoms with van der Waals surface area (Å²) in [4.78, 5) is 0. The van der Waals surface area contributed by atoms with Gasteiger partial charge in [0.15, 0.2) is 0 Å². The molecule has 0 atom stereocenters. The van der Waals surface area contributed by atoms with E-state index in [-0.39, 0.29) is 0 Å². The predicted octanol–water partition coefficient (Wildman–Crippen LogP) is 7.77. The Morgan fingerprint density at radius 3 is 2.36 bits per heavy atom. The minimum atomic E-state index is 0.752. The van der Waals surface area contributed by atoms with Gasteiger partial charge in [-0.2, -0.15) is 0 Å². The number of benzene rings is 1. The second-order valence-electron chi connectivity index (χ2n) is 8.45. The lowest BCUT2D eigenvalue weighted by molar-refractivity contribution is 0.295. The fraction of sp³-hybridized carbons (Fsp3) is 0.600. The summed E-state index contributed by atoms with van der Waals surface area (Å²) in [5, 5.41) is 0. The molecule has 2 aliphatic rings. The maximum atomic E-state index is 3.97. The Morgan fingerprint density at radius 2 is 1.68 bits per heavy atom.